The summed E-state index contributed by atoms with van der Waals surface area (Å²) in [6.07, 6.45) is 0. The Bertz CT molecular complexity index is 691. The van der Waals surface area contributed by atoms with Crippen LogP contribution in [-0.2, 0) is 10.0 Å². The Labute approximate surface area is 131 Å². The average Bonchev–Trinajstić information content (AvgIpc) is 2.77. The molecular formula is C13H15BrN2O4S. The van der Waals surface area contributed by atoms with Crippen LogP contribution in [0, 0.1) is 13.8 Å². The van der Waals surface area contributed by atoms with Gasteiger partial charge in [0.25, 0.3) is 0 Å². The SMILES string of the molecule is Cc1noc(C)c1S(=O)(=O)NCCOc1ccc(Br)cc1. The summed E-state index contributed by atoms with van der Waals surface area (Å²) in [4.78, 5) is 0.0890. The molecule has 114 valence electrons. The van der Waals surface area contributed by atoms with Crippen molar-refractivity contribution in [2.75, 3.05) is 13.2 Å². The average molecular weight is 375 g/mol. The minimum atomic E-state index is -3.63. The molecule has 6 nitrogen and oxygen atoms in total. The third-order valence-electron chi connectivity index (χ3n) is 2.71. The van der Waals surface area contributed by atoms with Crippen molar-refractivity contribution >= 4 is 26.0 Å². The maximum atomic E-state index is 12.1. The second-order valence-corrected chi connectivity index (χ2v) is 6.97. The maximum Gasteiger partial charge on any atom is 0.246 e. The molecule has 1 heterocycles. The smallest absolute Gasteiger partial charge is 0.246 e. The van der Waals surface area contributed by atoms with Crippen molar-refractivity contribution in [2.45, 2.75) is 18.7 Å². The molecule has 0 aliphatic heterocycles. The van der Waals surface area contributed by atoms with Gasteiger partial charge in [-0.3, -0.25) is 0 Å². The van der Waals surface area contributed by atoms with E-state index in [1.807, 2.05) is 12.1 Å². The van der Waals surface area contributed by atoms with Crippen molar-refractivity contribution in [2.24, 2.45) is 0 Å². The Morgan fingerprint density at radius 3 is 2.52 bits per heavy atom. The molecule has 8 heteroatoms. The van der Waals surface area contributed by atoms with Gasteiger partial charge in [-0.15, -0.1) is 0 Å². The predicted octanol–water partition coefficient (Wildman–Crippen LogP) is 2.41. The van der Waals surface area contributed by atoms with E-state index in [0.29, 0.717) is 11.4 Å². The highest BCUT2D eigenvalue weighted by Gasteiger charge is 2.23. The van der Waals surface area contributed by atoms with E-state index in [2.05, 4.69) is 25.8 Å². The summed E-state index contributed by atoms with van der Waals surface area (Å²) in [5, 5.41) is 3.64. The monoisotopic (exact) mass is 374 g/mol. The third kappa shape index (κ3) is 4.05. The van der Waals surface area contributed by atoms with Crippen molar-refractivity contribution in [3.8, 4) is 5.75 Å². The van der Waals surface area contributed by atoms with E-state index in [1.165, 1.54) is 0 Å². The molecule has 0 saturated heterocycles. The van der Waals surface area contributed by atoms with Crippen LogP contribution in [-0.4, -0.2) is 26.7 Å². The van der Waals surface area contributed by atoms with Gasteiger partial charge in [0.15, 0.2) is 5.76 Å². The molecule has 0 bridgehead atoms. The fraction of sp³-hybridized carbons (Fsp3) is 0.308. The van der Waals surface area contributed by atoms with Gasteiger partial charge in [0, 0.05) is 11.0 Å². The minimum Gasteiger partial charge on any atom is -0.492 e. The van der Waals surface area contributed by atoms with Crippen LogP contribution in [0.3, 0.4) is 0 Å². The lowest BCUT2D eigenvalue weighted by molar-refractivity contribution is 0.322. The van der Waals surface area contributed by atoms with E-state index in [-0.39, 0.29) is 23.8 Å². The first-order chi connectivity index (χ1) is 9.90. The first-order valence-corrected chi connectivity index (χ1v) is 8.48. The molecule has 0 unspecified atom stereocenters. The van der Waals surface area contributed by atoms with E-state index in [9.17, 15) is 8.42 Å². The van der Waals surface area contributed by atoms with Gasteiger partial charge in [-0.05, 0) is 38.1 Å². The van der Waals surface area contributed by atoms with Crippen LogP contribution in [0.2, 0.25) is 0 Å². The standard InChI is InChI=1S/C13H15BrN2O4S/c1-9-13(10(2)20-16-9)21(17,18)15-7-8-19-12-5-3-11(14)4-6-12/h3-6,15H,7-8H2,1-2H3. The summed E-state index contributed by atoms with van der Waals surface area (Å²) in [6, 6.07) is 7.30. The number of hydrogen-bond acceptors (Lipinski definition) is 5. The van der Waals surface area contributed by atoms with E-state index >= 15 is 0 Å². The molecule has 0 spiro atoms. The molecule has 0 radical (unpaired) electrons. The van der Waals surface area contributed by atoms with Gasteiger partial charge in [0.2, 0.25) is 10.0 Å². The van der Waals surface area contributed by atoms with Crippen LogP contribution in [0.5, 0.6) is 5.75 Å². The van der Waals surface area contributed by atoms with Crippen molar-refractivity contribution in [3.05, 3.63) is 40.2 Å². The van der Waals surface area contributed by atoms with E-state index in [0.717, 1.165) is 4.47 Å². The number of aryl methyl sites for hydroxylation is 2. The summed E-state index contributed by atoms with van der Waals surface area (Å²) in [5.74, 6) is 0.948. The van der Waals surface area contributed by atoms with Crippen molar-refractivity contribution < 1.29 is 17.7 Å². The van der Waals surface area contributed by atoms with Crippen LogP contribution in [0.1, 0.15) is 11.5 Å². The van der Waals surface area contributed by atoms with E-state index in [1.54, 1.807) is 26.0 Å². The molecule has 1 N–H and O–H groups in total. The zero-order valence-corrected chi connectivity index (χ0v) is 14.0. The Hall–Kier alpha value is -1.38. The Kier molecular flexibility index (Phi) is 5.02. The number of nitrogens with zero attached hydrogens (tertiary/aromatic N) is 1. The summed E-state index contributed by atoms with van der Waals surface area (Å²) < 4.78 is 38.0. The van der Waals surface area contributed by atoms with Gasteiger partial charge < -0.3 is 9.26 Å². The lowest BCUT2D eigenvalue weighted by atomic mass is 10.3. The lowest BCUT2D eigenvalue weighted by Crippen LogP contribution is -2.29. The normalized spacial score (nSPS) is 11.6. The molecule has 0 saturated carbocycles. The quantitative estimate of drug-likeness (QED) is 0.785. The second-order valence-electron chi connectivity index (χ2n) is 4.35. The van der Waals surface area contributed by atoms with Gasteiger partial charge in [-0.1, -0.05) is 21.1 Å². The largest absolute Gasteiger partial charge is 0.492 e. The number of halogens is 1. The molecule has 0 aliphatic rings. The number of aromatic nitrogens is 1. The van der Waals surface area contributed by atoms with E-state index in [4.69, 9.17) is 9.26 Å². The van der Waals surface area contributed by atoms with Crippen LogP contribution >= 0.6 is 15.9 Å². The molecule has 1 aromatic heterocycles. The first-order valence-electron chi connectivity index (χ1n) is 6.21. The zero-order valence-electron chi connectivity index (χ0n) is 11.6. The van der Waals surface area contributed by atoms with Gasteiger partial charge in [0.1, 0.15) is 22.9 Å². The molecular weight excluding hydrogens is 360 g/mol. The molecule has 21 heavy (non-hydrogen) atoms. The number of nitrogens with one attached hydrogen (secondary N) is 1. The van der Waals surface area contributed by atoms with Gasteiger partial charge in [-0.2, -0.15) is 0 Å². The molecule has 2 aromatic rings. The van der Waals surface area contributed by atoms with Crippen LogP contribution in [0.4, 0.5) is 0 Å². The Morgan fingerprint density at radius 2 is 1.95 bits per heavy atom. The van der Waals surface area contributed by atoms with Crippen LogP contribution in [0.25, 0.3) is 0 Å². The van der Waals surface area contributed by atoms with Crippen LogP contribution < -0.4 is 9.46 Å². The Balaban J connectivity index is 1.90. The minimum absolute atomic E-state index is 0.0890. The maximum absolute atomic E-state index is 12.1. The molecule has 0 aliphatic carbocycles. The number of hydrogen-bond donors (Lipinski definition) is 1. The number of sulfonamides is 1. The van der Waals surface area contributed by atoms with Crippen molar-refractivity contribution in [1.29, 1.82) is 0 Å². The summed E-state index contributed by atoms with van der Waals surface area (Å²) in [5.41, 5.74) is 0.342. The van der Waals surface area contributed by atoms with Gasteiger partial charge in [-0.25, -0.2) is 13.1 Å². The summed E-state index contributed by atoms with van der Waals surface area (Å²) in [6.45, 7) is 3.53. The Morgan fingerprint density at radius 1 is 1.29 bits per heavy atom. The fourth-order valence-electron chi connectivity index (χ4n) is 1.81. The summed E-state index contributed by atoms with van der Waals surface area (Å²) in [7, 11) is -3.63. The zero-order chi connectivity index (χ0) is 15.5. The van der Waals surface area contributed by atoms with E-state index < -0.39 is 10.0 Å². The molecule has 0 atom stereocenters. The van der Waals surface area contributed by atoms with Gasteiger partial charge in [0.05, 0.1) is 0 Å². The number of ether oxygens (including phenoxy) is 1. The lowest BCUT2D eigenvalue weighted by Gasteiger charge is -2.08. The first kappa shape index (κ1) is 16.0. The number of rotatable bonds is 6. The molecule has 0 amide bonds. The van der Waals surface area contributed by atoms with Crippen molar-refractivity contribution in [3.63, 3.8) is 0 Å². The molecule has 2 rings (SSSR count). The fourth-order valence-corrected chi connectivity index (χ4v) is 3.41. The molecule has 1 aromatic carbocycles. The van der Waals surface area contributed by atoms with Gasteiger partial charge >= 0.3 is 0 Å². The summed E-state index contributed by atoms with van der Waals surface area (Å²) >= 11 is 3.33. The highest BCUT2D eigenvalue weighted by molar-refractivity contribution is 9.10. The topological polar surface area (TPSA) is 81.4 Å². The second kappa shape index (κ2) is 6.59. The molecule has 0 fully saturated rings. The highest BCUT2D eigenvalue weighted by atomic mass is 79.9. The number of benzene rings is 1. The van der Waals surface area contributed by atoms with Crippen molar-refractivity contribution in [1.82, 2.24) is 9.88 Å². The third-order valence-corrected chi connectivity index (χ3v) is 4.95. The highest BCUT2D eigenvalue weighted by Crippen LogP contribution is 2.18. The predicted molar refractivity (Wildman–Crippen MR) is 80.8 cm³/mol. The van der Waals surface area contributed by atoms with Crippen LogP contribution in [0.15, 0.2) is 38.2 Å².